The standard InChI is InChI=1S/C24H33N5O6/c1-13(2)18-22(33)28-23(34)24(35)29-11-7-10-17(29)21(32)26-16(12-15-8-5-4-6-9-15)20(31)25-14(3)19(30)27-18/h4-6,8-9,13-14,16-18,23,34H,7,10-12H2,1-3H3,(H,25,31)(H,26,32)(H,27,30)(H,28,33)/t14-,16+,17+,18+,23-/m1/s1. The lowest BCUT2D eigenvalue weighted by Crippen LogP contribution is -2.58. The number of nitrogens with one attached hydrogen (secondary N) is 4. The highest BCUT2D eigenvalue weighted by Crippen LogP contribution is 2.19. The Morgan fingerprint density at radius 2 is 1.60 bits per heavy atom. The van der Waals surface area contributed by atoms with Crippen molar-refractivity contribution in [2.75, 3.05) is 6.54 Å². The van der Waals surface area contributed by atoms with Gasteiger partial charge >= 0.3 is 0 Å². The molecule has 11 heteroatoms. The number of fused-ring (bicyclic) bond motifs is 1. The zero-order valence-corrected chi connectivity index (χ0v) is 20.1. The Labute approximate surface area is 204 Å². The van der Waals surface area contributed by atoms with Gasteiger partial charge in [0.1, 0.15) is 24.2 Å². The third-order valence-corrected chi connectivity index (χ3v) is 6.27. The van der Waals surface area contributed by atoms with E-state index in [0.717, 1.165) is 5.56 Å². The van der Waals surface area contributed by atoms with E-state index in [2.05, 4.69) is 21.3 Å². The largest absolute Gasteiger partial charge is 0.365 e. The van der Waals surface area contributed by atoms with Crippen LogP contribution in [0.25, 0.3) is 0 Å². The van der Waals surface area contributed by atoms with Gasteiger partial charge in [-0.3, -0.25) is 24.0 Å². The van der Waals surface area contributed by atoms with E-state index in [1.165, 1.54) is 11.8 Å². The topological polar surface area (TPSA) is 157 Å². The number of amides is 5. The van der Waals surface area contributed by atoms with Crippen molar-refractivity contribution in [2.45, 2.75) is 70.4 Å². The average Bonchev–Trinajstić information content (AvgIpc) is 3.31. The van der Waals surface area contributed by atoms with Crippen LogP contribution in [-0.2, 0) is 30.4 Å². The molecule has 0 bridgehead atoms. The molecule has 0 unspecified atom stereocenters. The molecular weight excluding hydrogens is 454 g/mol. The van der Waals surface area contributed by atoms with Gasteiger partial charge in [-0.15, -0.1) is 0 Å². The minimum Gasteiger partial charge on any atom is -0.365 e. The fourth-order valence-electron chi connectivity index (χ4n) is 4.27. The number of carbonyl (C=O) groups is 5. The Hall–Kier alpha value is -3.47. The smallest absolute Gasteiger partial charge is 0.273 e. The number of aliphatic hydroxyl groups is 1. The van der Waals surface area contributed by atoms with Crippen LogP contribution in [0.15, 0.2) is 30.3 Å². The molecule has 190 valence electrons. The molecule has 3 rings (SSSR count). The van der Waals surface area contributed by atoms with Crippen molar-refractivity contribution in [3.63, 3.8) is 0 Å². The van der Waals surface area contributed by atoms with Crippen molar-refractivity contribution in [3.05, 3.63) is 35.9 Å². The zero-order chi connectivity index (χ0) is 25.7. The van der Waals surface area contributed by atoms with Crippen LogP contribution >= 0.6 is 0 Å². The maximum Gasteiger partial charge on any atom is 0.273 e. The molecule has 0 radical (unpaired) electrons. The second-order valence-corrected chi connectivity index (χ2v) is 9.31. The average molecular weight is 488 g/mol. The van der Waals surface area contributed by atoms with E-state index in [9.17, 15) is 29.1 Å². The first-order chi connectivity index (χ1) is 16.6. The summed E-state index contributed by atoms with van der Waals surface area (Å²) in [5, 5.41) is 20.6. The van der Waals surface area contributed by atoms with Crippen molar-refractivity contribution in [1.29, 1.82) is 0 Å². The van der Waals surface area contributed by atoms with E-state index in [1.54, 1.807) is 13.8 Å². The van der Waals surface area contributed by atoms with Gasteiger partial charge < -0.3 is 31.3 Å². The Morgan fingerprint density at radius 1 is 0.914 bits per heavy atom. The summed E-state index contributed by atoms with van der Waals surface area (Å²) in [6.07, 6.45) is -0.827. The normalized spacial score (nSPS) is 28.9. The second kappa shape index (κ2) is 11.3. The van der Waals surface area contributed by atoms with Crippen molar-refractivity contribution in [3.8, 4) is 0 Å². The first-order valence-electron chi connectivity index (χ1n) is 11.8. The van der Waals surface area contributed by atoms with Crippen LogP contribution in [0.5, 0.6) is 0 Å². The number of carbonyl (C=O) groups excluding carboxylic acids is 5. The molecule has 0 aliphatic carbocycles. The van der Waals surface area contributed by atoms with Gasteiger partial charge in [0, 0.05) is 13.0 Å². The van der Waals surface area contributed by atoms with Crippen LogP contribution in [0.2, 0.25) is 0 Å². The van der Waals surface area contributed by atoms with Crippen molar-refractivity contribution < 1.29 is 29.1 Å². The van der Waals surface area contributed by atoms with E-state index in [1.807, 2.05) is 30.3 Å². The molecule has 0 spiro atoms. The molecule has 5 N–H and O–H groups in total. The highest BCUT2D eigenvalue weighted by Gasteiger charge is 2.40. The summed E-state index contributed by atoms with van der Waals surface area (Å²) in [6.45, 7) is 5.09. The van der Waals surface area contributed by atoms with Gasteiger partial charge in [-0.1, -0.05) is 44.2 Å². The fourth-order valence-corrected chi connectivity index (χ4v) is 4.27. The lowest BCUT2D eigenvalue weighted by Gasteiger charge is -2.28. The van der Waals surface area contributed by atoms with Gasteiger partial charge in [-0.25, -0.2) is 0 Å². The van der Waals surface area contributed by atoms with Crippen LogP contribution < -0.4 is 21.3 Å². The Bertz CT molecular complexity index is 968. The third kappa shape index (κ3) is 6.36. The number of rotatable bonds is 3. The third-order valence-electron chi connectivity index (χ3n) is 6.27. The predicted octanol–water partition coefficient (Wildman–Crippen LogP) is -1.20. The number of hydrogen-bond donors (Lipinski definition) is 5. The van der Waals surface area contributed by atoms with E-state index in [-0.39, 0.29) is 18.9 Å². The molecule has 0 saturated carbocycles. The van der Waals surface area contributed by atoms with E-state index in [4.69, 9.17) is 0 Å². The SMILES string of the molecule is CC(C)[C@@H]1NC(=O)[C@@H](C)NC(=O)[C@H](Cc2ccccc2)NC(=O)[C@@H]2CCCN2C(=O)[C@@H](O)NC1=O. The molecule has 1 aromatic rings. The predicted molar refractivity (Wildman–Crippen MR) is 125 cm³/mol. The van der Waals surface area contributed by atoms with Crippen LogP contribution in [0, 0.1) is 5.92 Å². The fraction of sp³-hybridized carbons (Fsp3) is 0.542. The summed E-state index contributed by atoms with van der Waals surface area (Å²) in [6, 6.07) is 5.12. The molecule has 11 nitrogen and oxygen atoms in total. The highest BCUT2D eigenvalue weighted by molar-refractivity contribution is 5.97. The summed E-state index contributed by atoms with van der Waals surface area (Å²) < 4.78 is 0. The zero-order valence-electron chi connectivity index (χ0n) is 20.1. The molecule has 2 aliphatic rings. The molecule has 0 aromatic heterocycles. The van der Waals surface area contributed by atoms with Crippen LogP contribution in [0.1, 0.15) is 39.2 Å². The van der Waals surface area contributed by atoms with Gasteiger partial charge in [-0.05, 0) is 31.2 Å². The summed E-state index contributed by atoms with van der Waals surface area (Å²) in [7, 11) is 0. The Kier molecular flexibility index (Phi) is 8.44. The van der Waals surface area contributed by atoms with Gasteiger partial charge in [0.15, 0.2) is 0 Å². The molecule has 5 amide bonds. The summed E-state index contributed by atoms with van der Waals surface area (Å²) >= 11 is 0. The Balaban J connectivity index is 1.93. The van der Waals surface area contributed by atoms with Crippen LogP contribution in [0.3, 0.4) is 0 Å². The maximum absolute atomic E-state index is 13.2. The van der Waals surface area contributed by atoms with E-state index >= 15 is 0 Å². The first kappa shape index (κ1) is 26.1. The molecule has 5 atom stereocenters. The minimum atomic E-state index is -1.88. The van der Waals surface area contributed by atoms with Crippen LogP contribution in [-0.4, -0.2) is 76.5 Å². The van der Waals surface area contributed by atoms with Crippen molar-refractivity contribution in [1.82, 2.24) is 26.2 Å². The monoisotopic (exact) mass is 487 g/mol. The Morgan fingerprint density at radius 3 is 2.26 bits per heavy atom. The molecule has 2 fully saturated rings. The van der Waals surface area contributed by atoms with E-state index in [0.29, 0.717) is 12.8 Å². The lowest BCUT2D eigenvalue weighted by atomic mass is 10.0. The number of nitrogens with zero attached hydrogens (tertiary/aromatic N) is 1. The number of benzene rings is 1. The molecular formula is C24H33N5O6. The second-order valence-electron chi connectivity index (χ2n) is 9.31. The van der Waals surface area contributed by atoms with Crippen LogP contribution in [0.4, 0.5) is 0 Å². The quantitative estimate of drug-likeness (QED) is 0.360. The summed E-state index contributed by atoms with van der Waals surface area (Å²) in [5.74, 6) is -3.66. The molecule has 2 aliphatic heterocycles. The lowest BCUT2D eigenvalue weighted by molar-refractivity contribution is -0.149. The molecule has 35 heavy (non-hydrogen) atoms. The molecule has 1 aromatic carbocycles. The maximum atomic E-state index is 13.2. The van der Waals surface area contributed by atoms with Gasteiger partial charge in [0.05, 0.1) is 0 Å². The number of hydrogen-bond acceptors (Lipinski definition) is 6. The van der Waals surface area contributed by atoms with Gasteiger partial charge in [0.25, 0.3) is 5.91 Å². The van der Waals surface area contributed by atoms with Gasteiger partial charge in [-0.2, -0.15) is 0 Å². The van der Waals surface area contributed by atoms with Crippen molar-refractivity contribution in [2.24, 2.45) is 5.92 Å². The van der Waals surface area contributed by atoms with E-state index < -0.39 is 59.9 Å². The summed E-state index contributed by atoms with van der Waals surface area (Å²) in [4.78, 5) is 65.9. The summed E-state index contributed by atoms with van der Waals surface area (Å²) in [5.41, 5.74) is 0.799. The van der Waals surface area contributed by atoms with Crippen molar-refractivity contribution >= 4 is 29.5 Å². The minimum absolute atomic E-state index is 0.171. The molecule has 2 heterocycles. The van der Waals surface area contributed by atoms with Gasteiger partial charge in [0.2, 0.25) is 29.9 Å². The highest BCUT2D eigenvalue weighted by atomic mass is 16.3. The molecule has 2 saturated heterocycles. The number of aliphatic hydroxyl groups excluding tert-OH is 1. The first-order valence-corrected chi connectivity index (χ1v) is 11.8.